The fraction of sp³-hybridized carbons (Fsp3) is 0.389. The van der Waals surface area contributed by atoms with E-state index in [0.717, 1.165) is 16.3 Å². The van der Waals surface area contributed by atoms with E-state index in [0.29, 0.717) is 19.4 Å². The number of rotatable bonds is 7. The van der Waals surface area contributed by atoms with Gasteiger partial charge in [-0.1, -0.05) is 49.4 Å². The molecule has 0 radical (unpaired) electrons. The third kappa shape index (κ3) is 4.32. The number of amides is 1. The van der Waals surface area contributed by atoms with Gasteiger partial charge in [0.1, 0.15) is 5.25 Å². The van der Waals surface area contributed by atoms with Gasteiger partial charge in [-0.2, -0.15) is 0 Å². The van der Waals surface area contributed by atoms with Gasteiger partial charge >= 0.3 is 0 Å². The topological polar surface area (TPSA) is 63.2 Å². The van der Waals surface area contributed by atoms with Crippen molar-refractivity contribution in [2.24, 2.45) is 0 Å². The van der Waals surface area contributed by atoms with Crippen LogP contribution in [0.1, 0.15) is 25.8 Å². The Morgan fingerprint density at radius 3 is 2.57 bits per heavy atom. The molecular weight excluding hydrogens is 310 g/mol. The first-order valence-corrected chi connectivity index (χ1v) is 9.63. The molecule has 0 fully saturated rings. The predicted octanol–water partition coefficient (Wildman–Crippen LogP) is 2.71. The number of benzene rings is 2. The number of nitrogens with one attached hydrogen (secondary N) is 1. The van der Waals surface area contributed by atoms with Crippen molar-refractivity contribution in [3.63, 3.8) is 0 Å². The summed E-state index contributed by atoms with van der Waals surface area (Å²) in [4.78, 5) is 12.0. The van der Waals surface area contributed by atoms with Gasteiger partial charge in [-0.15, -0.1) is 0 Å². The van der Waals surface area contributed by atoms with Crippen LogP contribution in [0.4, 0.5) is 0 Å². The Morgan fingerprint density at radius 2 is 1.83 bits per heavy atom. The maximum absolute atomic E-state index is 12.0. The van der Waals surface area contributed by atoms with Crippen molar-refractivity contribution in [1.29, 1.82) is 0 Å². The van der Waals surface area contributed by atoms with E-state index in [1.54, 1.807) is 6.92 Å². The minimum Gasteiger partial charge on any atom is -0.355 e. The maximum Gasteiger partial charge on any atom is 0.238 e. The summed E-state index contributed by atoms with van der Waals surface area (Å²) in [6.07, 6.45) is 1.20. The monoisotopic (exact) mass is 333 g/mol. The summed E-state index contributed by atoms with van der Waals surface area (Å²) in [5, 5.41) is 4.08. The van der Waals surface area contributed by atoms with Crippen LogP contribution < -0.4 is 5.32 Å². The Hall–Kier alpha value is -1.88. The SMILES string of the molecule is CCCS(=O)(=O)C(C)C(=O)NCCc1cccc2ccccc12. The molecule has 23 heavy (non-hydrogen) atoms. The fourth-order valence-corrected chi connectivity index (χ4v) is 3.93. The molecule has 0 aromatic heterocycles. The molecule has 1 N–H and O–H groups in total. The van der Waals surface area contributed by atoms with Crippen molar-refractivity contribution >= 4 is 26.5 Å². The van der Waals surface area contributed by atoms with Gasteiger partial charge in [0.05, 0.1) is 5.75 Å². The second-order valence-electron chi connectivity index (χ2n) is 5.69. The summed E-state index contributed by atoms with van der Waals surface area (Å²) < 4.78 is 23.8. The Kier molecular flexibility index (Phi) is 5.77. The van der Waals surface area contributed by atoms with Crippen LogP contribution in [0.15, 0.2) is 42.5 Å². The number of carbonyl (C=O) groups is 1. The summed E-state index contributed by atoms with van der Waals surface area (Å²) in [5.74, 6) is -0.371. The summed E-state index contributed by atoms with van der Waals surface area (Å²) in [6, 6.07) is 14.2. The van der Waals surface area contributed by atoms with Crippen molar-refractivity contribution in [3.8, 4) is 0 Å². The third-order valence-electron chi connectivity index (χ3n) is 3.97. The Labute approximate surface area is 137 Å². The molecule has 1 atom stereocenters. The van der Waals surface area contributed by atoms with Crippen molar-refractivity contribution in [3.05, 3.63) is 48.0 Å². The Bertz CT molecular complexity index is 778. The molecule has 2 rings (SSSR count). The molecule has 1 unspecified atom stereocenters. The predicted molar refractivity (Wildman–Crippen MR) is 94.2 cm³/mol. The van der Waals surface area contributed by atoms with Gasteiger partial charge in [0, 0.05) is 6.54 Å². The molecule has 0 aliphatic heterocycles. The van der Waals surface area contributed by atoms with Crippen LogP contribution in [0.3, 0.4) is 0 Å². The van der Waals surface area contributed by atoms with E-state index in [-0.39, 0.29) is 5.75 Å². The number of hydrogen-bond acceptors (Lipinski definition) is 3. The zero-order chi connectivity index (χ0) is 16.9. The molecule has 0 saturated heterocycles. The molecule has 0 saturated carbocycles. The van der Waals surface area contributed by atoms with Gasteiger partial charge in [-0.05, 0) is 36.1 Å². The minimum atomic E-state index is -3.35. The van der Waals surface area contributed by atoms with Crippen LogP contribution >= 0.6 is 0 Å². The van der Waals surface area contributed by atoms with Gasteiger partial charge < -0.3 is 5.32 Å². The molecule has 124 valence electrons. The van der Waals surface area contributed by atoms with Crippen LogP contribution in [-0.4, -0.2) is 31.9 Å². The molecule has 4 nitrogen and oxygen atoms in total. The molecule has 0 heterocycles. The van der Waals surface area contributed by atoms with Crippen molar-refractivity contribution in [1.82, 2.24) is 5.32 Å². The average molecular weight is 333 g/mol. The lowest BCUT2D eigenvalue weighted by molar-refractivity contribution is -0.120. The van der Waals surface area contributed by atoms with Crippen LogP contribution in [0.5, 0.6) is 0 Å². The van der Waals surface area contributed by atoms with Gasteiger partial charge in [-0.25, -0.2) is 8.42 Å². The highest BCUT2D eigenvalue weighted by molar-refractivity contribution is 7.92. The lowest BCUT2D eigenvalue weighted by Crippen LogP contribution is -2.39. The van der Waals surface area contributed by atoms with Crippen molar-refractivity contribution < 1.29 is 13.2 Å². The molecule has 0 bridgehead atoms. The van der Waals surface area contributed by atoms with Crippen molar-refractivity contribution in [2.45, 2.75) is 31.9 Å². The fourth-order valence-electron chi connectivity index (χ4n) is 2.60. The van der Waals surface area contributed by atoms with E-state index in [1.807, 2.05) is 24.3 Å². The van der Waals surface area contributed by atoms with Crippen LogP contribution in [0, 0.1) is 0 Å². The first-order valence-electron chi connectivity index (χ1n) is 7.91. The largest absolute Gasteiger partial charge is 0.355 e. The second-order valence-corrected chi connectivity index (χ2v) is 8.13. The molecule has 0 aliphatic carbocycles. The normalized spacial score (nSPS) is 13.0. The lowest BCUT2D eigenvalue weighted by Gasteiger charge is -2.13. The van der Waals surface area contributed by atoms with E-state index in [2.05, 4.69) is 23.5 Å². The number of hydrogen-bond donors (Lipinski definition) is 1. The van der Waals surface area contributed by atoms with Gasteiger partial charge in [0.25, 0.3) is 0 Å². The summed E-state index contributed by atoms with van der Waals surface area (Å²) in [6.45, 7) is 3.68. The summed E-state index contributed by atoms with van der Waals surface area (Å²) >= 11 is 0. The van der Waals surface area contributed by atoms with Crippen LogP contribution in [0.25, 0.3) is 10.8 Å². The zero-order valence-corrected chi connectivity index (χ0v) is 14.4. The maximum atomic E-state index is 12.0. The molecule has 0 spiro atoms. The lowest BCUT2D eigenvalue weighted by atomic mass is 10.0. The van der Waals surface area contributed by atoms with Gasteiger partial charge in [0.15, 0.2) is 9.84 Å². The molecule has 2 aromatic rings. The first kappa shape index (κ1) is 17.5. The molecule has 0 aliphatic rings. The number of sulfone groups is 1. The minimum absolute atomic E-state index is 0.0465. The highest BCUT2D eigenvalue weighted by atomic mass is 32.2. The van der Waals surface area contributed by atoms with Crippen LogP contribution in [-0.2, 0) is 21.1 Å². The Balaban J connectivity index is 1.98. The quantitative estimate of drug-likeness (QED) is 0.847. The van der Waals surface area contributed by atoms with E-state index in [4.69, 9.17) is 0 Å². The van der Waals surface area contributed by atoms with E-state index in [9.17, 15) is 13.2 Å². The highest BCUT2D eigenvalue weighted by Gasteiger charge is 2.26. The molecular formula is C18H23NO3S. The van der Waals surface area contributed by atoms with Crippen LogP contribution in [0.2, 0.25) is 0 Å². The van der Waals surface area contributed by atoms with E-state index in [1.165, 1.54) is 6.92 Å². The zero-order valence-electron chi connectivity index (χ0n) is 13.6. The molecule has 1 amide bonds. The highest BCUT2D eigenvalue weighted by Crippen LogP contribution is 2.18. The standard InChI is InChI=1S/C18H23NO3S/c1-3-13-23(21,22)14(2)18(20)19-12-11-16-9-6-8-15-7-4-5-10-17(15)16/h4-10,14H,3,11-13H2,1-2H3,(H,19,20). The van der Waals surface area contributed by atoms with Gasteiger partial charge in [-0.3, -0.25) is 4.79 Å². The smallest absolute Gasteiger partial charge is 0.238 e. The molecule has 2 aromatic carbocycles. The molecule has 5 heteroatoms. The summed E-state index contributed by atoms with van der Waals surface area (Å²) in [7, 11) is -3.35. The number of fused-ring (bicyclic) bond motifs is 1. The second kappa shape index (κ2) is 7.59. The van der Waals surface area contributed by atoms with Crippen molar-refractivity contribution in [2.75, 3.05) is 12.3 Å². The van der Waals surface area contributed by atoms with Gasteiger partial charge in [0.2, 0.25) is 5.91 Å². The van der Waals surface area contributed by atoms with E-state index < -0.39 is 21.0 Å². The summed E-state index contributed by atoms with van der Waals surface area (Å²) in [5.41, 5.74) is 1.15. The van der Waals surface area contributed by atoms with E-state index >= 15 is 0 Å². The Morgan fingerprint density at radius 1 is 1.13 bits per heavy atom. The first-order chi connectivity index (χ1) is 11.0. The third-order valence-corrected chi connectivity index (χ3v) is 6.24. The average Bonchev–Trinajstić information content (AvgIpc) is 2.54. The number of carbonyl (C=O) groups excluding carboxylic acids is 1.